The third kappa shape index (κ3) is 5.05. The van der Waals surface area contributed by atoms with E-state index in [2.05, 4.69) is 10.4 Å². The van der Waals surface area contributed by atoms with E-state index in [4.69, 9.17) is 10.9 Å². The van der Waals surface area contributed by atoms with Crippen LogP contribution in [0.5, 0.6) is 0 Å². The first-order valence-corrected chi connectivity index (χ1v) is 10.5. The highest BCUT2D eigenvalue weighted by Crippen LogP contribution is 2.45. The molecule has 0 aliphatic carbocycles. The second-order valence-electron chi connectivity index (χ2n) is 8.27. The van der Waals surface area contributed by atoms with Gasteiger partial charge in [0.15, 0.2) is 5.78 Å². The van der Waals surface area contributed by atoms with E-state index in [-0.39, 0.29) is 35.9 Å². The van der Waals surface area contributed by atoms with Crippen molar-refractivity contribution in [3.05, 3.63) is 35.4 Å². The van der Waals surface area contributed by atoms with Gasteiger partial charge in [-0.05, 0) is 49.3 Å². The van der Waals surface area contributed by atoms with Crippen molar-refractivity contribution in [2.24, 2.45) is 22.3 Å². The van der Waals surface area contributed by atoms with E-state index in [9.17, 15) is 14.4 Å². The second kappa shape index (κ2) is 9.84. The molecule has 8 nitrogen and oxygen atoms in total. The van der Waals surface area contributed by atoms with Gasteiger partial charge >= 0.3 is 5.97 Å². The number of amides is 1. The van der Waals surface area contributed by atoms with Gasteiger partial charge in [0.05, 0.1) is 6.21 Å². The van der Waals surface area contributed by atoms with Gasteiger partial charge in [-0.2, -0.15) is 5.10 Å². The second-order valence-corrected chi connectivity index (χ2v) is 8.27. The normalized spacial score (nSPS) is 21.1. The van der Waals surface area contributed by atoms with Crippen LogP contribution >= 0.6 is 0 Å². The fourth-order valence-corrected chi connectivity index (χ4v) is 4.75. The third-order valence-corrected chi connectivity index (χ3v) is 6.49. The largest absolute Gasteiger partial charge is 0.481 e. The Labute approximate surface area is 176 Å². The Morgan fingerprint density at radius 2 is 2.00 bits per heavy atom. The van der Waals surface area contributed by atoms with Crippen molar-refractivity contribution < 1.29 is 19.5 Å². The van der Waals surface area contributed by atoms with Gasteiger partial charge in [0.2, 0.25) is 5.91 Å². The van der Waals surface area contributed by atoms with Crippen LogP contribution in [0.1, 0.15) is 54.4 Å². The van der Waals surface area contributed by atoms with Crippen LogP contribution in [0, 0.1) is 11.3 Å². The van der Waals surface area contributed by atoms with E-state index in [1.165, 1.54) is 6.21 Å². The number of hydrazone groups is 1. The molecule has 1 unspecified atom stereocenters. The number of nitrogens with zero attached hydrogens (tertiary/aromatic N) is 2. The molecule has 1 spiro atoms. The monoisotopic (exact) mass is 414 g/mol. The highest BCUT2D eigenvalue weighted by molar-refractivity contribution is 6.00. The maximum atomic E-state index is 13.4. The molecule has 3 rings (SSSR count). The Morgan fingerprint density at radius 3 is 2.70 bits per heavy atom. The molecule has 2 fully saturated rings. The number of nitrogens with one attached hydrogen (secondary N) is 1. The van der Waals surface area contributed by atoms with Crippen LogP contribution in [-0.4, -0.2) is 60.1 Å². The number of carboxylic acid groups (broad SMARTS) is 1. The number of nitrogens with two attached hydrogens (primary N) is 1. The first-order chi connectivity index (χ1) is 14.4. The van der Waals surface area contributed by atoms with Gasteiger partial charge in [-0.3, -0.25) is 14.4 Å². The average molecular weight is 415 g/mol. The van der Waals surface area contributed by atoms with Gasteiger partial charge in [0, 0.05) is 44.0 Å². The number of likely N-dealkylation sites (tertiary alicyclic amines) is 1. The smallest absolute Gasteiger partial charge is 0.303 e. The molecular weight excluding hydrogens is 384 g/mol. The molecule has 2 aliphatic rings. The Hall–Kier alpha value is -2.74. The number of carbonyl (C=O) groups excluding carboxylic acids is 2. The topological polar surface area (TPSA) is 125 Å². The van der Waals surface area contributed by atoms with Crippen molar-refractivity contribution in [2.75, 3.05) is 26.2 Å². The number of aliphatic carboxylic acids is 1. The molecule has 1 aromatic carbocycles. The summed E-state index contributed by atoms with van der Waals surface area (Å²) in [5.41, 5.74) is 1.34. The van der Waals surface area contributed by atoms with Crippen LogP contribution in [-0.2, 0) is 9.59 Å². The standard InChI is InChI=1S/C22H30N4O4/c23-25-14-16-3-1-4-17(13-16)21(30)18-15-24-10-7-22(18)8-11-26(12-9-22)19(27)5-2-6-20(28)29/h1,3-4,13-14,18,24H,2,5-12,15,23H2,(H,28,29). The highest BCUT2D eigenvalue weighted by atomic mass is 16.4. The van der Waals surface area contributed by atoms with E-state index >= 15 is 0 Å². The molecule has 0 aromatic heterocycles. The lowest BCUT2D eigenvalue weighted by Gasteiger charge is -2.49. The number of ketones is 1. The molecule has 162 valence electrons. The van der Waals surface area contributed by atoms with E-state index in [1.54, 1.807) is 0 Å². The maximum absolute atomic E-state index is 13.4. The predicted molar refractivity (Wildman–Crippen MR) is 113 cm³/mol. The first-order valence-electron chi connectivity index (χ1n) is 10.5. The minimum Gasteiger partial charge on any atom is -0.481 e. The van der Waals surface area contributed by atoms with Crippen LogP contribution in [0.4, 0.5) is 0 Å². The van der Waals surface area contributed by atoms with Crippen molar-refractivity contribution in [3.63, 3.8) is 0 Å². The van der Waals surface area contributed by atoms with Crippen LogP contribution in [0.25, 0.3) is 0 Å². The molecule has 30 heavy (non-hydrogen) atoms. The molecule has 2 heterocycles. The SMILES string of the molecule is NN=Cc1cccc(C(=O)C2CNCCC23CCN(C(=O)CCCC(=O)O)CC3)c1. The minimum atomic E-state index is -0.877. The zero-order valence-electron chi connectivity index (χ0n) is 17.2. The van der Waals surface area contributed by atoms with Gasteiger partial charge < -0.3 is 21.2 Å². The summed E-state index contributed by atoms with van der Waals surface area (Å²) in [7, 11) is 0. The van der Waals surface area contributed by atoms with Crippen molar-refractivity contribution in [1.29, 1.82) is 0 Å². The lowest BCUT2D eigenvalue weighted by molar-refractivity contribution is -0.137. The summed E-state index contributed by atoms with van der Waals surface area (Å²) in [5.74, 6) is 4.35. The Morgan fingerprint density at radius 1 is 1.23 bits per heavy atom. The Balaban J connectivity index is 1.67. The van der Waals surface area contributed by atoms with Gasteiger partial charge in [-0.1, -0.05) is 18.2 Å². The summed E-state index contributed by atoms with van der Waals surface area (Å²) >= 11 is 0. The summed E-state index contributed by atoms with van der Waals surface area (Å²) in [4.78, 5) is 38.3. The van der Waals surface area contributed by atoms with E-state index in [1.807, 2.05) is 29.2 Å². The fourth-order valence-electron chi connectivity index (χ4n) is 4.75. The van der Waals surface area contributed by atoms with Gasteiger partial charge in [-0.25, -0.2) is 0 Å². The quantitative estimate of drug-likeness (QED) is 0.270. The van der Waals surface area contributed by atoms with Crippen LogP contribution in [0.2, 0.25) is 0 Å². The van der Waals surface area contributed by atoms with Crippen molar-refractivity contribution in [1.82, 2.24) is 10.2 Å². The number of piperidine rings is 2. The highest BCUT2D eigenvalue weighted by Gasteiger charge is 2.46. The number of hydrogen-bond donors (Lipinski definition) is 3. The Bertz CT molecular complexity index is 815. The molecule has 4 N–H and O–H groups in total. The molecule has 1 aromatic rings. The molecule has 2 saturated heterocycles. The van der Waals surface area contributed by atoms with Crippen LogP contribution in [0.3, 0.4) is 0 Å². The molecule has 1 atom stereocenters. The molecule has 8 heteroatoms. The summed E-state index contributed by atoms with van der Waals surface area (Å²) in [6.45, 7) is 2.75. The molecule has 2 aliphatic heterocycles. The number of benzene rings is 1. The Kier molecular flexibility index (Phi) is 7.20. The maximum Gasteiger partial charge on any atom is 0.303 e. The van der Waals surface area contributed by atoms with E-state index in [0.717, 1.165) is 31.4 Å². The van der Waals surface area contributed by atoms with Crippen molar-refractivity contribution >= 4 is 23.9 Å². The van der Waals surface area contributed by atoms with Gasteiger partial charge in [0.1, 0.15) is 0 Å². The fraction of sp³-hybridized carbons (Fsp3) is 0.545. The van der Waals surface area contributed by atoms with E-state index < -0.39 is 5.97 Å². The van der Waals surface area contributed by atoms with Gasteiger partial charge in [-0.15, -0.1) is 0 Å². The zero-order chi connectivity index (χ0) is 21.6. The molecule has 1 amide bonds. The van der Waals surface area contributed by atoms with E-state index in [0.29, 0.717) is 31.6 Å². The number of hydrogen-bond acceptors (Lipinski definition) is 6. The summed E-state index contributed by atoms with van der Waals surface area (Å²) < 4.78 is 0. The molecule has 0 radical (unpaired) electrons. The first kappa shape index (κ1) is 22.0. The number of rotatable bonds is 7. The van der Waals surface area contributed by atoms with Crippen molar-refractivity contribution in [2.45, 2.75) is 38.5 Å². The average Bonchev–Trinajstić information content (AvgIpc) is 2.74. The van der Waals surface area contributed by atoms with Crippen molar-refractivity contribution in [3.8, 4) is 0 Å². The number of carboxylic acids is 1. The lowest BCUT2D eigenvalue weighted by atomic mass is 9.62. The predicted octanol–water partition coefficient (Wildman–Crippen LogP) is 1.64. The summed E-state index contributed by atoms with van der Waals surface area (Å²) in [5, 5.41) is 15.7. The lowest BCUT2D eigenvalue weighted by Crippen LogP contribution is -2.54. The number of Topliss-reactive ketones (excluding diaryl/α,β-unsaturated/α-hetero) is 1. The summed E-state index contributed by atoms with van der Waals surface area (Å²) in [6.07, 6.45) is 4.66. The van der Waals surface area contributed by atoms with Gasteiger partial charge in [0.25, 0.3) is 0 Å². The molecule has 0 saturated carbocycles. The summed E-state index contributed by atoms with van der Waals surface area (Å²) in [6, 6.07) is 7.35. The third-order valence-electron chi connectivity index (χ3n) is 6.49. The zero-order valence-corrected chi connectivity index (χ0v) is 17.2. The molecular formula is C22H30N4O4. The van der Waals surface area contributed by atoms with Crippen LogP contribution < -0.4 is 11.2 Å². The van der Waals surface area contributed by atoms with Crippen LogP contribution in [0.15, 0.2) is 29.4 Å². The minimum absolute atomic E-state index is 0.0108. The molecule has 0 bridgehead atoms. The number of carbonyl (C=O) groups is 3.